The van der Waals surface area contributed by atoms with E-state index in [1.165, 1.54) is 85.8 Å². The summed E-state index contributed by atoms with van der Waals surface area (Å²) in [4.78, 5) is 106. The number of carbonyl (C=O) groups is 6. The van der Waals surface area contributed by atoms with Crippen LogP contribution >= 0.6 is 0 Å². The zero-order valence-electron chi connectivity index (χ0n) is 55.2. The molecule has 6 heterocycles. The lowest BCUT2D eigenvalue weighted by Gasteiger charge is -2.35. The maximum atomic E-state index is 16.4. The van der Waals surface area contributed by atoms with Gasteiger partial charge in [-0.2, -0.15) is 0 Å². The highest BCUT2D eigenvalue weighted by molar-refractivity contribution is 6.45. The van der Waals surface area contributed by atoms with Crippen LogP contribution < -0.4 is 28.4 Å². The molecule has 22 nitrogen and oxygen atoms in total. The molecule has 4 amide bonds. The second-order valence-electron chi connectivity index (χ2n) is 24.2. The van der Waals surface area contributed by atoms with Gasteiger partial charge in [-0.25, -0.2) is 9.59 Å². The molecule has 0 aliphatic carbocycles. The predicted molar refractivity (Wildman–Crippen MR) is 370 cm³/mol. The predicted octanol–water partition coefficient (Wildman–Crippen LogP) is 15.1. The first-order valence-electron chi connectivity index (χ1n) is 32.3. The highest BCUT2D eigenvalue weighted by Crippen LogP contribution is 2.58. The molecule has 13 aromatic rings. The number of ether oxygens (including phenoxy) is 10. The average Bonchev–Trinajstić information content (AvgIpc) is 0.746. The summed E-state index contributed by atoms with van der Waals surface area (Å²) in [6.45, 7) is 0.696. The molecule has 15 rings (SSSR count). The van der Waals surface area contributed by atoms with Gasteiger partial charge in [-0.3, -0.25) is 38.9 Å². The first-order valence-corrected chi connectivity index (χ1v) is 32.3. The van der Waals surface area contributed by atoms with Crippen molar-refractivity contribution >= 4 is 78.7 Å². The second kappa shape index (κ2) is 28.0. The number of aromatic nitrogens is 2. The number of pyridine rings is 2. The van der Waals surface area contributed by atoms with E-state index in [0.29, 0.717) is 22.3 Å². The SMILES string of the molecule is COCc1cccc(Oc2cc3c4c(cc(Oc5cccc(COC)c5)c5c6c(Oc7cccc(COC)c7)cc7c8c(cc(Oc9cccc(COC)c9)c(c2c45)c86)C(=O)N(C(Cc2ccco2)C(=O)Oc2ccncc2)C7=O)C(=O)N(C(Cc2ccco2)C(=O)Oc2ccncc2)C3=O)c1. The number of benzene rings is 9. The molecule has 0 saturated carbocycles. The van der Waals surface area contributed by atoms with Gasteiger partial charge >= 0.3 is 11.9 Å². The molecule has 0 bridgehead atoms. The van der Waals surface area contributed by atoms with E-state index < -0.39 is 47.7 Å². The van der Waals surface area contributed by atoms with Crippen LogP contribution in [0.2, 0.25) is 0 Å². The van der Waals surface area contributed by atoms with E-state index in [-0.39, 0.29) is 174 Å². The number of rotatable bonds is 26. The zero-order chi connectivity index (χ0) is 70.1. The molecule has 22 heteroatoms. The Hall–Kier alpha value is -12.6. The van der Waals surface area contributed by atoms with Crippen LogP contribution in [0.5, 0.6) is 57.5 Å². The summed E-state index contributed by atoms with van der Waals surface area (Å²) >= 11 is 0. The topological polar surface area (TPSA) is 253 Å². The van der Waals surface area contributed by atoms with Crippen molar-refractivity contribution in [2.45, 2.75) is 51.4 Å². The monoisotopic (exact) mass is 1360 g/mol. The number of hydrogen-bond acceptors (Lipinski definition) is 20. The number of furan rings is 2. The summed E-state index contributed by atoms with van der Waals surface area (Å²) in [5.41, 5.74) is 2.39. The molecule has 4 aromatic heterocycles. The van der Waals surface area contributed by atoms with Crippen molar-refractivity contribution in [2.75, 3.05) is 28.4 Å². The van der Waals surface area contributed by atoms with E-state index in [4.69, 9.17) is 56.2 Å². The number of esters is 2. The molecule has 0 spiro atoms. The Morgan fingerprint density at radius 3 is 0.912 bits per heavy atom. The lowest BCUT2D eigenvalue weighted by molar-refractivity contribution is -0.139. The number of fused-ring (bicyclic) bond motifs is 2. The van der Waals surface area contributed by atoms with Gasteiger partial charge in [-0.05, 0) is 144 Å². The van der Waals surface area contributed by atoms with Crippen LogP contribution in [0.25, 0.3) is 43.1 Å². The lowest BCUT2D eigenvalue weighted by Crippen LogP contribution is -2.52. The van der Waals surface area contributed by atoms with Crippen LogP contribution in [-0.4, -0.2) is 95.9 Å². The van der Waals surface area contributed by atoms with Crippen molar-refractivity contribution in [3.63, 3.8) is 0 Å². The lowest BCUT2D eigenvalue weighted by atomic mass is 9.80. The van der Waals surface area contributed by atoms with Crippen molar-refractivity contribution in [1.29, 1.82) is 0 Å². The second-order valence-corrected chi connectivity index (χ2v) is 24.2. The number of nitrogens with zero attached hydrogens (tertiary/aromatic N) is 4. The standard InChI is InChI=1S/C80H60N4O18/c1-91-41-45-11-5-15-53(31-45)97-63-37-57-67-58(76(86)83(75(57)85)61(35-51-19-9-29-95-51)79(89)101-49-21-25-81-26-22-49)39-65(99-55-17-7-13-47(33-55)43-93-3)71-72-66(100-56-18-8-14-48(34-56)44-94-4)40-60-68-59(38-64(70(74(68)72)69(63)73(67)71)98-54-16-6-12-46(32-54)42-92-2)77(87)84(78(60)88)62(36-52-20-10-30-96-52)80(90)102-50-23-27-82-28-24-50/h5-34,37-40,61-62H,35-36,41-44H2,1-4H3. The molecule has 2 aliphatic rings. The minimum Gasteiger partial charge on any atom is -0.469 e. The Balaban J connectivity index is 1.10. The van der Waals surface area contributed by atoms with Crippen LogP contribution in [0.1, 0.15) is 75.2 Å². The Morgan fingerprint density at radius 1 is 0.353 bits per heavy atom. The summed E-state index contributed by atoms with van der Waals surface area (Å²) in [6.07, 6.45) is 7.90. The summed E-state index contributed by atoms with van der Waals surface area (Å²) < 4.78 is 75.0. The third-order valence-corrected chi connectivity index (χ3v) is 17.6. The van der Waals surface area contributed by atoms with Gasteiger partial charge in [0.2, 0.25) is 0 Å². The molecule has 2 unspecified atom stereocenters. The molecule has 2 aliphatic heterocycles. The van der Waals surface area contributed by atoms with Crippen LogP contribution in [0.3, 0.4) is 0 Å². The third-order valence-electron chi connectivity index (χ3n) is 17.6. The molecule has 9 aromatic carbocycles. The Kier molecular flexibility index (Phi) is 17.9. The summed E-state index contributed by atoms with van der Waals surface area (Å²) in [7, 11) is 6.23. The Labute approximate surface area is 581 Å². The van der Waals surface area contributed by atoms with Gasteiger partial charge in [0.05, 0.1) is 61.2 Å². The van der Waals surface area contributed by atoms with E-state index in [2.05, 4.69) is 9.97 Å². The molecular weight excluding hydrogens is 1300 g/mol. The van der Waals surface area contributed by atoms with Crippen LogP contribution in [0.4, 0.5) is 0 Å². The highest BCUT2D eigenvalue weighted by Gasteiger charge is 2.47. The van der Waals surface area contributed by atoms with E-state index in [1.807, 2.05) is 24.3 Å². The molecule has 508 valence electrons. The summed E-state index contributed by atoms with van der Waals surface area (Å²) in [5, 5.41) is 1.26. The number of carbonyl (C=O) groups excluding carboxylic acids is 6. The van der Waals surface area contributed by atoms with E-state index >= 15 is 28.8 Å². The summed E-state index contributed by atoms with van der Waals surface area (Å²) in [6, 6.07) is 43.4. The van der Waals surface area contributed by atoms with Crippen molar-refractivity contribution < 1.29 is 85.0 Å². The molecule has 0 saturated heterocycles. The van der Waals surface area contributed by atoms with Gasteiger partial charge in [-0.1, -0.05) is 48.5 Å². The average molecular weight is 1370 g/mol. The van der Waals surface area contributed by atoms with Crippen molar-refractivity contribution in [3.8, 4) is 57.5 Å². The zero-order valence-corrected chi connectivity index (χ0v) is 55.2. The first-order chi connectivity index (χ1) is 49.9. The van der Waals surface area contributed by atoms with Crippen LogP contribution in [-0.2, 0) is 67.8 Å². The van der Waals surface area contributed by atoms with Gasteiger partial charge in [0, 0.05) is 109 Å². The Bertz CT molecular complexity index is 4850. The van der Waals surface area contributed by atoms with Crippen LogP contribution in [0.15, 0.2) is 216 Å². The molecule has 0 radical (unpaired) electrons. The molecule has 102 heavy (non-hydrogen) atoms. The number of methoxy groups -OCH3 is 4. The quantitative estimate of drug-likeness (QED) is 0.0211. The summed E-state index contributed by atoms with van der Waals surface area (Å²) in [5.74, 6) is -4.03. The maximum Gasteiger partial charge on any atom is 0.335 e. The van der Waals surface area contributed by atoms with Gasteiger partial charge < -0.3 is 56.2 Å². The third kappa shape index (κ3) is 12.4. The fourth-order valence-corrected chi connectivity index (χ4v) is 13.4. The highest BCUT2D eigenvalue weighted by atomic mass is 16.5. The van der Waals surface area contributed by atoms with Gasteiger partial charge in [-0.15, -0.1) is 0 Å². The normalized spacial score (nSPS) is 13.3. The van der Waals surface area contributed by atoms with E-state index in [0.717, 1.165) is 9.80 Å². The molecular formula is C80H60N4O18. The minimum absolute atomic E-state index is 0.0189. The smallest absolute Gasteiger partial charge is 0.335 e. The van der Waals surface area contributed by atoms with Gasteiger partial charge in [0.25, 0.3) is 23.6 Å². The molecule has 2 atom stereocenters. The van der Waals surface area contributed by atoms with Crippen molar-refractivity contribution in [3.05, 3.63) is 263 Å². The fraction of sp³-hybridized carbons (Fsp3) is 0.150. The molecule has 0 fully saturated rings. The number of amides is 4. The number of imide groups is 2. The first kappa shape index (κ1) is 65.3. The largest absolute Gasteiger partial charge is 0.469 e. The van der Waals surface area contributed by atoms with E-state index in [1.54, 1.807) is 126 Å². The fourth-order valence-electron chi connectivity index (χ4n) is 13.4. The van der Waals surface area contributed by atoms with Crippen molar-refractivity contribution in [1.82, 2.24) is 19.8 Å². The van der Waals surface area contributed by atoms with Gasteiger partial charge in [0.1, 0.15) is 81.1 Å². The Morgan fingerprint density at radius 2 is 0.647 bits per heavy atom. The van der Waals surface area contributed by atoms with Gasteiger partial charge in [0.15, 0.2) is 0 Å². The van der Waals surface area contributed by atoms with Crippen molar-refractivity contribution in [2.24, 2.45) is 0 Å². The molecule has 0 N–H and O–H groups in total. The van der Waals surface area contributed by atoms with Crippen LogP contribution in [0, 0.1) is 0 Å². The van der Waals surface area contributed by atoms with E-state index in [9.17, 15) is 0 Å². The number of hydrogen-bond donors (Lipinski definition) is 0. The maximum absolute atomic E-state index is 16.4. The minimum atomic E-state index is -1.67.